The van der Waals surface area contributed by atoms with Gasteiger partial charge in [-0.1, -0.05) is 26.0 Å². The first-order valence-electron chi connectivity index (χ1n) is 5.20. The molecule has 2 heteroatoms. The van der Waals surface area contributed by atoms with Crippen LogP contribution in [0.3, 0.4) is 0 Å². The van der Waals surface area contributed by atoms with Gasteiger partial charge in [-0.2, -0.15) is 0 Å². The zero-order valence-corrected chi connectivity index (χ0v) is 9.91. The normalized spacial score (nSPS) is 20.2. The minimum atomic E-state index is 0.311. The molecule has 1 heterocycles. The van der Waals surface area contributed by atoms with Crippen LogP contribution in [-0.2, 0) is 0 Å². The van der Waals surface area contributed by atoms with E-state index in [1.54, 1.807) is 0 Å². The first kappa shape index (κ1) is 12.8. The smallest absolute Gasteiger partial charge is 0.120 e. The SMILES string of the molecule is CC.CC=CNC1C(C)=CC=CN1C. The van der Waals surface area contributed by atoms with Crippen molar-refractivity contribution in [3.05, 3.63) is 36.2 Å². The van der Waals surface area contributed by atoms with E-state index in [1.807, 2.05) is 33.0 Å². The Kier molecular flexibility index (Phi) is 6.63. The Morgan fingerprint density at radius 1 is 1.43 bits per heavy atom. The maximum atomic E-state index is 3.30. The number of allylic oxidation sites excluding steroid dienone is 3. The van der Waals surface area contributed by atoms with Gasteiger partial charge < -0.3 is 10.2 Å². The van der Waals surface area contributed by atoms with E-state index in [4.69, 9.17) is 0 Å². The van der Waals surface area contributed by atoms with Crippen LogP contribution in [0.25, 0.3) is 0 Å². The predicted molar refractivity (Wildman–Crippen MR) is 63.7 cm³/mol. The summed E-state index contributed by atoms with van der Waals surface area (Å²) in [6, 6.07) is 0. The molecule has 0 saturated heterocycles. The number of hydrogen-bond donors (Lipinski definition) is 1. The highest BCUT2D eigenvalue weighted by atomic mass is 15.2. The summed E-state index contributed by atoms with van der Waals surface area (Å²) in [5.41, 5.74) is 1.33. The molecule has 0 aromatic rings. The molecule has 2 nitrogen and oxygen atoms in total. The molecule has 0 amide bonds. The molecule has 0 radical (unpaired) electrons. The molecule has 0 saturated carbocycles. The molecule has 0 fully saturated rings. The molecular formula is C12H22N2. The lowest BCUT2D eigenvalue weighted by molar-refractivity contribution is 0.336. The van der Waals surface area contributed by atoms with E-state index in [9.17, 15) is 0 Å². The van der Waals surface area contributed by atoms with Crippen LogP contribution in [-0.4, -0.2) is 18.1 Å². The van der Waals surface area contributed by atoms with Crippen molar-refractivity contribution in [1.82, 2.24) is 10.2 Å². The summed E-state index contributed by atoms with van der Waals surface area (Å²) in [7, 11) is 2.06. The van der Waals surface area contributed by atoms with Crippen LogP contribution in [0.1, 0.15) is 27.7 Å². The second-order valence-corrected chi connectivity index (χ2v) is 2.99. The van der Waals surface area contributed by atoms with Gasteiger partial charge in [-0.15, -0.1) is 0 Å². The summed E-state index contributed by atoms with van der Waals surface area (Å²) in [5, 5.41) is 3.30. The van der Waals surface area contributed by atoms with Crippen molar-refractivity contribution in [1.29, 1.82) is 0 Å². The molecule has 1 aliphatic rings. The van der Waals surface area contributed by atoms with Crippen LogP contribution < -0.4 is 5.32 Å². The number of hydrogen-bond acceptors (Lipinski definition) is 2. The first-order valence-corrected chi connectivity index (χ1v) is 5.20. The van der Waals surface area contributed by atoms with Gasteiger partial charge >= 0.3 is 0 Å². The van der Waals surface area contributed by atoms with Gasteiger partial charge in [0.15, 0.2) is 0 Å². The minimum absolute atomic E-state index is 0.311. The summed E-state index contributed by atoms with van der Waals surface area (Å²) in [4.78, 5) is 2.15. The van der Waals surface area contributed by atoms with Crippen LogP contribution >= 0.6 is 0 Å². The highest BCUT2D eigenvalue weighted by Gasteiger charge is 2.13. The Bertz CT molecular complexity index is 226. The fourth-order valence-electron chi connectivity index (χ4n) is 1.27. The van der Waals surface area contributed by atoms with Gasteiger partial charge in [0, 0.05) is 13.2 Å². The van der Waals surface area contributed by atoms with Crippen molar-refractivity contribution >= 4 is 0 Å². The summed E-state index contributed by atoms with van der Waals surface area (Å²) < 4.78 is 0. The average molecular weight is 194 g/mol. The van der Waals surface area contributed by atoms with Crippen molar-refractivity contribution in [2.45, 2.75) is 33.9 Å². The molecule has 14 heavy (non-hydrogen) atoms. The molecule has 1 unspecified atom stereocenters. The number of nitrogens with zero attached hydrogens (tertiary/aromatic N) is 1. The van der Waals surface area contributed by atoms with E-state index in [0.717, 1.165) is 0 Å². The second kappa shape index (κ2) is 7.25. The lowest BCUT2D eigenvalue weighted by Crippen LogP contribution is -2.40. The van der Waals surface area contributed by atoms with Crippen LogP contribution in [0.2, 0.25) is 0 Å². The summed E-state index contributed by atoms with van der Waals surface area (Å²) in [6.07, 6.45) is 10.5. The Morgan fingerprint density at radius 3 is 2.57 bits per heavy atom. The van der Waals surface area contributed by atoms with Crippen molar-refractivity contribution in [3.8, 4) is 0 Å². The lowest BCUT2D eigenvalue weighted by atomic mass is 10.1. The van der Waals surface area contributed by atoms with E-state index in [0.29, 0.717) is 6.17 Å². The molecule has 1 N–H and O–H groups in total. The highest BCUT2D eigenvalue weighted by molar-refractivity contribution is 5.21. The van der Waals surface area contributed by atoms with Crippen molar-refractivity contribution in [2.24, 2.45) is 0 Å². The van der Waals surface area contributed by atoms with Crippen molar-refractivity contribution in [3.63, 3.8) is 0 Å². The molecule has 1 rings (SSSR count). The van der Waals surface area contributed by atoms with Crippen LogP contribution in [0.15, 0.2) is 36.2 Å². The van der Waals surface area contributed by atoms with Gasteiger partial charge in [-0.05, 0) is 31.7 Å². The third-order valence-electron chi connectivity index (χ3n) is 1.94. The van der Waals surface area contributed by atoms with Gasteiger partial charge in [0.2, 0.25) is 0 Å². The van der Waals surface area contributed by atoms with Gasteiger partial charge in [-0.3, -0.25) is 0 Å². The molecule has 0 aliphatic carbocycles. The zero-order valence-electron chi connectivity index (χ0n) is 9.91. The molecule has 1 aliphatic heterocycles. The molecule has 0 aromatic heterocycles. The Labute approximate surface area is 88.0 Å². The lowest BCUT2D eigenvalue weighted by Gasteiger charge is -2.30. The van der Waals surface area contributed by atoms with E-state index in [1.165, 1.54) is 5.57 Å². The monoisotopic (exact) mass is 194 g/mol. The number of rotatable bonds is 2. The topological polar surface area (TPSA) is 15.3 Å². The maximum Gasteiger partial charge on any atom is 0.120 e. The van der Waals surface area contributed by atoms with Crippen LogP contribution in [0, 0.1) is 0 Å². The van der Waals surface area contributed by atoms with Crippen LogP contribution in [0.5, 0.6) is 0 Å². The van der Waals surface area contributed by atoms with Crippen molar-refractivity contribution in [2.75, 3.05) is 7.05 Å². The standard InChI is InChI=1S/C10H16N2.C2H6/c1-4-7-11-10-9(2)6-5-8-12(10)3;1-2/h4-8,10-11H,1-3H3;1-2H3. The minimum Gasteiger partial charge on any atom is -0.368 e. The van der Waals surface area contributed by atoms with Gasteiger partial charge in [-0.25, -0.2) is 0 Å². The second-order valence-electron chi connectivity index (χ2n) is 2.99. The molecule has 0 spiro atoms. The molecule has 80 valence electrons. The summed E-state index contributed by atoms with van der Waals surface area (Å²) in [5.74, 6) is 0. The fraction of sp³-hybridized carbons (Fsp3) is 0.500. The molecule has 1 atom stereocenters. The third-order valence-corrected chi connectivity index (χ3v) is 1.94. The largest absolute Gasteiger partial charge is 0.368 e. The summed E-state index contributed by atoms with van der Waals surface area (Å²) in [6.45, 7) is 8.13. The van der Waals surface area contributed by atoms with E-state index in [-0.39, 0.29) is 0 Å². The van der Waals surface area contributed by atoms with E-state index in [2.05, 4.69) is 42.5 Å². The van der Waals surface area contributed by atoms with Gasteiger partial charge in [0.1, 0.15) is 6.17 Å². The Morgan fingerprint density at radius 2 is 2.07 bits per heavy atom. The molecular weight excluding hydrogens is 172 g/mol. The zero-order chi connectivity index (χ0) is 11.0. The maximum absolute atomic E-state index is 3.30. The van der Waals surface area contributed by atoms with Crippen LogP contribution in [0.4, 0.5) is 0 Å². The molecule has 0 bridgehead atoms. The predicted octanol–water partition coefficient (Wildman–Crippen LogP) is 2.87. The van der Waals surface area contributed by atoms with Crippen molar-refractivity contribution < 1.29 is 0 Å². The Hall–Kier alpha value is -1.18. The van der Waals surface area contributed by atoms with E-state index >= 15 is 0 Å². The summed E-state index contributed by atoms with van der Waals surface area (Å²) >= 11 is 0. The highest BCUT2D eigenvalue weighted by Crippen LogP contribution is 2.11. The number of likely N-dealkylation sites (N-methyl/N-ethyl adjacent to an activating group) is 1. The van der Waals surface area contributed by atoms with Gasteiger partial charge in [0.05, 0.1) is 0 Å². The quantitative estimate of drug-likeness (QED) is 0.727. The van der Waals surface area contributed by atoms with E-state index < -0.39 is 0 Å². The average Bonchev–Trinajstić information content (AvgIpc) is 2.20. The number of nitrogens with one attached hydrogen (secondary N) is 1. The third kappa shape index (κ3) is 3.69. The fourth-order valence-corrected chi connectivity index (χ4v) is 1.27. The van der Waals surface area contributed by atoms with Gasteiger partial charge in [0.25, 0.3) is 0 Å². The molecule has 0 aromatic carbocycles. The first-order chi connectivity index (χ1) is 6.75. The Balaban J connectivity index is 0.000000791.